The summed E-state index contributed by atoms with van der Waals surface area (Å²) in [5.41, 5.74) is 11.7. The van der Waals surface area contributed by atoms with Crippen molar-refractivity contribution in [3.05, 3.63) is 12.1 Å². The van der Waals surface area contributed by atoms with E-state index in [1.165, 1.54) is 0 Å². The predicted molar refractivity (Wildman–Crippen MR) is 73.8 cm³/mol. The smallest absolute Gasteiger partial charge is 0.240 e. The molecule has 0 spiro atoms. The monoisotopic (exact) mass is 265 g/mol. The average Bonchev–Trinajstić information content (AvgIpc) is 2.75. The van der Waals surface area contributed by atoms with Gasteiger partial charge in [-0.2, -0.15) is 0 Å². The molecule has 1 aromatic rings. The molecule has 1 aliphatic heterocycles. The van der Waals surface area contributed by atoms with E-state index in [4.69, 9.17) is 11.5 Å². The Morgan fingerprint density at radius 1 is 1.63 bits per heavy atom. The number of aliphatic hydroxyl groups is 1. The van der Waals surface area contributed by atoms with Crippen molar-refractivity contribution < 1.29 is 9.90 Å². The zero-order valence-corrected chi connectivity index (χ0v) is 10.8. The lowest BCUT2D eigenvalue weighted by Gasteiger charge is -2.23. The maximum Gasteiger partial charge on any atom is 0.240 e. The summed E-state index contributed by atoms with van der Waals surface area (Å²) in [7, 11) is 0. The summed E-state index contributed by atoms with van der Waals surface area (Å²) in [6.07, 6.45) is -0.239. The van der Waals surface area contributed by atoms with Gasteiger partial charge in [0.25, 0.3) is 0 Å². The van der Waals surface area contributed by atoms with Crippen LogP contribution in [0.1, 0.15) is 13.3 Å². The Morgan fingerprint density at radius 3 is 3.00 bits per heavy atom. The summed E-state index contributed by atoms with van der Waals surface area (Å²) in [5, 5.41) is 12.7. The van der Waals surface area contributed by atoms with E-state index in [1.807, 2.05) is 6.92 Å². The molecule has 104 valence electrons. The molecule has 2 unspecified atom stereocenters. The molecule has 0 aromatic carbocycles. The van der Waals surface area contributed by atoms with Crippen LogP contribution in [0, 0.1) is 0 Å². The van der Waals surface area contributed by atoms with E-state index in [0.717, 1.165) is 0 Å². The molecule has 2 rings (SSSR count). The number of nitrogens with two attached hydrogens (primary N) is 2. The molecule has 1 aliphatic rings. The van der Waals surface area contributed by atoms with Crippen LogP contribution >= 0.6 is 0 Å². The van der Waals surface area contributed by atoms with Crippen molar-refractivity contribution in [3.8, 4) is 0 Å². The van der Waals surface area contributed by atoms with Gasteiger partial charge in [0, 0.05) is 19.5 Å². The lowest BCUT2D eigenvalue weighted by atomic mass is 10.2. The fraction of sp³-hybridized carbons (Fsp3) is 0.500. The first kappa shape index (κ1) is 13.4. The number of aliphatic hydroxyl groups excluding tert-OH is 1. The molecule has 7 nitrogen and oxygen atoms in total. The van der Waals surface area contributed by atoms with Gasteiger partial charge in [0.15, 0.2) is 5.82 Å². The van der Waals surface area contributed by atoms with Crippen molar-refractivity contribution in [2.75, 3.05) is 29.0 Å². The number of nitrogens with one attached hydrogen (secondary N) is 1. The van der Waals surface area contributed by atoms with Crippen LogP contribution in [-0.2, 0) is 4.79 Å². The number of aromatic nitrogens is 1. The number of pyridine rings is 1. The molecule has 1 aromatic heterocycles. The van der Waals surface area contributed by atoms with E-state index in [0.29, 0.717) is 36.8 Å². The molecule has 7 heteroatoms. The largest absolute Gasteiger partial charge is 0.396 e. The second kappa shape index (κ2) is 5.31. The molecule has 6 N–H and O–H groups in total. The van der Waals surface area contributed by atoms with Crippen molar-refractivity contribution in [1.82, 2.24) is 4.98 Å². The Kier molecular flexibility index (Phi) is 3.75. The molecule has 1 amide bonds. The van der Waals surface area contributed by atoms with Gasteiger partial charge in [0.05, 0.1) is 11.8 Å². The number of anilines is 3. The molecule has 0 bridgehead atoms. The lowest BCUT2D eigenvalue weighted by molar-refractivity contribution is -0.119. The van der Waals surface area contributed by atoms with Gasteiger partial charge in [-0.25, -0.2) is 4.98 Å². The molecule has 0 radical (unpaired) electrons. The molecule has 19 heavy (non-hydrogen) atoms. The number of nitrogens with zero attached hydrogens (tertiary/aromatic N) is 2. The quantitative estimate of drug-likeness (QED) is 0.584. The van der Waals surface area contributed by atoms with Crippen LogP contribution in [0.25, 0.3) is 0 Å². The Bertz CT molecular complexity index is 479. The van der Waals surface area contributed by atoms with Gasteiger partial charge in [-0.05, 0) is 19.1 Å². The Balaban J connectivity index is 2.30. The number of carbonyl (C=O) groups is 1. The third-order valence-corrected chi connectivity index (χ3v) is 3.16. The van der Waals surface area contributed by atoms with Crippen LogP contribution in [-0.4, -0.2) is 41.2 Å². The van der Waals surface area contributed by atoms with Crippen molar-refractivity contribution in [2.24, 2.45) is 5.73 Å². The highest BCUT2D eigenvalue weighted by Gasteiger charge is 2.35. The van der Waals surface area contributed by atoms with Crippen LogP contribution in [0.5, 0.6) is 0 Å². The van der Waals surface area contributed by atoms with E-state index in [-0.39, 0.29) is 0 Å². The highest BCUT2D eigenvalue weighted by Crippen LogP contribution is 2.27. The van der Waals surface area contributed by atoms with Crippen LogP contribution in [0.3, 0.4) is 0 Å². The minimum absolute atomic E-state index is 0.331. The first-order valence-electron chi connectivity index (χ1n) is 6.27. The average molecular weight is 265 g/mol. The molecular weight excluding hydrogens is 246 g/mol. The van der Waals surface area contributed by atoms with E-state index < -0.39 is 18.1 Å². The van der Waals surface area contributed by atoms with Gasteiger partial charge < -0.3 is 26.8 Å². The summed E-state index contributed by atoms with van der Waals surface area (Å²) in [6, 6.07) is 2.92. The fourth-order valence-electron chi connectivity index (χ4n) is 2.27. The standard InChI is InChI=1S/C12H19N5O2/c1-2-15-12-8(13)3-4-10(16-12)17-6-7(18)5-9(17)11(14)19/h3-4,7,9,18H,2,5-6,13H2,1H3,(H2,14,19)(H,15,16). The van der Waals surface area contributed by atoms with E-state index in [9.17, 15) is 9.90 Å². The normalized spacial score (nSPS) is 22.5. The fourth-order valence-corrected chi connectivity index (χ4v) is 2.27. The van der Waals surface area contributed by atoms with Crippen molar-refractivity contribution >= 4 is 23.2 Å². The van der Waals surface area contributed by atoms with Crippen LogP contribution in [0.4, 0.5) is 17.3 Å². The third kappa shape index (κ3) is 2.70. The summed E-state index contributed by atoms with van der Waals surface area (Å²) in [5.74, 6) is 0.704. The SMILES string of the molecule is CCNc1nc(N2CC(O)CC2C(N)=O)ccc1N. The predicted octanol–water partition coefficient (Wildman–Crippen LogP) is -0.479. The lowest BCUT2D eigenvalue weighted by Crippen LogP contribution is -2.40. The third-order valence-electron chi connectivity index (χ3n) is 3.16. The maximum atomic E-state index is 11.4. The number of rotatable bonds is 4. The summed E-state index contributed by atoms with van der Waals surface area (Å²) < 4.78 is 0. The van der Waals surface area contributed by atoms with Crippen molar-refractivity contribution in [3.63, 3.8) is 0 Å². The van der Waals surface area contributed by atoms with Crippen LogP contribution in [0.15, 0.2) is 12.1 Å². The number of nitrogen functional groups attached to an aromatic ring is 1. The minimum Gasteiger partial charge on any atom is -0.396 e. The summed E-state index contributed by atoms with van der Waals surface area (Å²) in [6.45, 7) is 2.98. The van der Waals surface area contributed by atoms with E-state index >= 15 is 0 Å². The highest BCUT2D eigenvalue weighted by atomic mass is 16.3. The molecule has 1 saturated heterocycles. The first-order valence-corrected chi connectivity index (χ1v) is 6.27. The van der Waals surface area contributed by atoms with Gasteiger partial charge in [0.1, 0.15) is 11.9 Å². The Labute approximate surface area is 111 Å². The first-order chi connectivity index (χ1) is 9.02. The molecule has 0 aliphatic carbocycles. The van der Waals surface area contributed by atoms with Crippen molar-refractivity contribution in [1.29, 1.82) is 0 Å². The van der Waals surface area contributed by atoms with Gasteiger partial charge in [-0.3, -0.25) is 4.79 Å². The Morgan fingerprint density at radius 2 is 2.37 bits per heavy atom. The number of amides is 1. The number of β-amino-alcohol motifs (C(OH)–C–C–N with tert-alkyl or cyclic N) is 1. The van der Waals surface area contributed by atoms with Gasteiger partial charge in [0.2, 0.25) is 5.91 Å². The molecule has 0 saturated carbocycles. The van der Waals surface area contributed by atoms with E-state index in [2.05, 4.69) is 10.3 Å². The van der Waals surface area contributed by atoms with Gasteiger partial charge >= 0.3 is 0 Å². The molecule has 2 heterocycles. The van der Waals surface area contributed by atoms with Gasteiger partial charge in [-0.1, -0.05) is 0 Å². The van der Waals surface area contributed by atoms with Crippen LogP contribution in [0.2, 0.25) is 0 Å². The zero-order valence-electron chi connectivity index (χ0n) is 10.8. The number of carbonyl (C=O) groups excluding carboxylic acids is 1. The Hall–Kier alpha value is -2.02. The minimum atomic E-state index is -0.570. The molecule has 2 atom stereocenters. The summed E-state index contributed by atoms with van der Waals surface area (Å²) in [4.78, 5) is 17.5. The second-order valence-corrected chi connectivity index (χ2v) is 4.60. The molecular formula is C12H19N5O2. The zero-order chi connectivity index (χ0) is 14.0. The summed E-state index contributed by atoms with van der Waals surface area (Å²) >= 11 is 0. The van der Waals surface area contributed by atoms with Crippen molar-refractivity contribution in [2.45, 2.75) is 25.5 Å². The van der Waals surface area contributed by atoms with E-state index in [1.54, 1.807) is 17.0 Å². The topological polar surface area (TPSA) is 117 Å². The number of hydrogen-bond acceptors (Lipinski definition) is 6. The molecule has 1 fully saturated rings. The van der Waals surface area contributed by atoms with Crippen LogP contribution < -0.4 is 21.7 Å². The highest BCUT2D eigenvalue weighted by molar-refractivity contribution is 5.84. The number of hydrogen-bond donors (Lipinski definition) is 4. The maximum absolute atomic E-state index is 11.4. The number of primary amides is 1. The van der Waals surface area contributed by atoms with Gasteiger partial charge in [-0.15, -0.1) is 0 Å². The second-order valence-electron chi connectivity index (χ2n) is 4.60.